The van der Waals surface area contributed by atoms with Crippen molar-refractivity contribution in [2.24, 2.45) is 0 Å². The van der Waals surface area contributed by atoms with Crippen molar-refractivity contribution < 1.29 is 28.6 Å². The van der Waals surface area contributed by atoms with Gasteiger partial charge in [-0.3, -0.25) is 4.79 Å². The Hall–Kier alpha value is -1.99. The summed E-state index contributed by atoms with van der Waals surface area (Å²) >= 11 is 0. The van der Waals surface area contributed by atoms with Crippen molar-refractivity contribution in [3.05, 3.63) is 0 Å². The summed E-state index contributed by atoms with van der Waals surface area (Å²) in [5.41, 5.74) is -0.569. The summed E-state index contributed by atoms with van der Waals surface area (Å²) in [7, 11) is 0. The number of carbonyl (C=O) groups is 3. The van der Waals surface area contributed by atoms with Crippen LogP contribution in [-0.2, 0) is 19.0 Å². The zero-order valence-corrected chi connectivity index (χ0v) is 13.7. The second kappa shape index (κ2) is 7.33. The Bertz CT molecular complexity index is 432. The number of hydrogen-bond acceptors (Lipinski definition) is 6. The number of esters is 1. The Balaban J connectivity index is 2.37. The highest BCUT2D eigenvalue weighted by atomic mass is 16.7. The average Bonchev–Trinajstić information content (AvgIpc) is 2.73. The minimum absolute atomic E-state index is 0.188. The molecule has 1 aliphatic rings. The van der Waals surface area contributed by atoms with Gasteiger partial charge in [0, 0.05) is 26.9 Å². The molecule has 1 fully saturated rings. The molecule has 1 unspecified atom stereocenters. The van der Waals surface area contributed by atoms with Crippen molar-refractivity contribution in [1.29, 1.82) is 0 Å². The lowest BCUT2D eigenvalue weighted by molar-refractivity contribution is -0.163. The molecule has 0 radical (unpaired) electrons. The molecule has 126 valence electrons. The molecule has 1 N–H and O–H groups in total. The summed E-state index contributed by atoms with van der Waals surface area (Å²) in [4.78, 5) is 35.7. The van der Waals surface area contributed by atoms with Crippen LogP contribution < -0.4 is 5.32 Å². The fourth-order valence-corrected chi connectivity index (χ4v) is 1.99. The number of rotatable bonds is 3. The number of alkyl carbamates (subject to hydrolysis) is 1. The molecule has 22 heavy (non-hydrogen) atoms. The second-order valence-electron chi connectivity index (χ2n) is 6.14. The molecular formula is C14H24N2O6. The number of hydrogen-bond donors (Lipinski definition) is 1. The highest BCUT2D eigenvalue weighted by Gasteiger charge is 2.30. The van der Waals surface area contributed by atoms with Gasteiger partial charge >= 0.3 is 18.2 Å². The normalized spacial score (nSPS) is 19.3. The maximum absolute atomic E-state index is 11.9. The van der Waals surface area contributed by atoms with Crippen molar-refractivity contribution in [1.82, 2.24) is 10.2 Å². The van der Waals surface area contributed by atoms with E-state index in [1.807, 2.05) is 0 Å². The predicted octanol–water partition coefficient (Wildman–Crippen LogP) is 1.63. The Labute approximate surface area is 130 Å². The Morgan fingerprint density at radius 3 is 2.41 bits per heavy atom. The first-order chi connectivity index (χ1) is 10.1. The van der Waals surface area contributed by atoms with E-state index in [0.29, 0.717) is 19.5 Å². The first-order valence-corrected chi connectivity index (χ1v) is 7.19. The molecule has 0 aromatic carbocycles. The molecule has 2 amide bonds. The van der Waals surface area contributed by atoms with Crippen LogP contribution in [0, 0.1) is 0 Å². The maximum atomic E-state index is 11.9. The topological polar surface area (TPSA) is 94.2 Å². The quantitative estimate of drug-likeness (QED) is 0.628. The van der Waals surface area contributed by atoms with Crippen molar-refractivity contribution in [2.45, 2.75) is 59.0 Å². The predicted molar refractivity (Wildman–Crippen MR) is 77.1 cm³/mol. The van der Waals surface area contributed by atoms with Crippen LogP contribution in [0.1, 0.15) is 41.0 Å². The molecule has 1 rings (SSSR count). The highest BCUT2D eigenvalue weighted by molar-refractivity contribution is 5.70. The summed E-state index contributed by atoms with van der Waals surface area (Å²) in [6.07, 6.45) is -1.43. The Kier molecular flexibility index (Phi) is 6.01. The lowest BCUT2D eigenvalue weighted by Crippen LogP contribution is -2.41. The van der Waals surface area contributed by atoms with Gasteiger partial charge in [-0.05, 0) is 27.2 Å². The lowest BCUT2D eigenvalue weighted by Gasteiger charge is -2.22. The van der Waals surface area contributed by atoms with Crippen LogP contribution in [0.5, 0.6) is 0 Å². The van der Waals surface area contributed by atoms with Gasteiger partial charge in [-0.2, -0.15) is 0 Å². The molecule has 0 spiro atoms. The van der Waals surface area contributed by atoms with Crippen molar-refractivity contribution in [3.8, 4) is 0 Å². The molecule has 8 nitrogen and oxygen atoms in total. The van der Waals surface area contributed by atoms with Crippen LogP contribution in [0.15, 0.2) is 0 Å². The van der Waals surface area contributed by atoms with Gasteiger partial charge in [0.05, 0.1) is 6.04 Å². The molecule has 0 aromatic heterocycles. The van der Waals surface area contributed by atoms with Crippen LogP contribution in [0.4, 0.5) is 9.59 Å². The molecule has 8 heteroatoms. The smallest absolute Gasteiger partial charge is 0.412 e. The van der Waals surface area contributed by atoms with Crippen LogP contribution >= 0.6 is 0 Å². The zero-order chi connectivity index (χ0) is 16.9. The van der Waals surface area contributed by atoms with Gasteiger partial charge in [0.1, 0.15) is 5.60 Å². The van der Waals surface area contributed by atoms with Crippen LogP contribution in [0.3, 0.4) is 0 Å². The minimum atomic E-state index is -0.942. The van der Waals surface area contributed by atoms with Crippen LogP contribution in [0.2, 0.25) is 0 Å². The Morgan fingerprint density at radius 1 is 1.23 bits per heavy atom. The van der Waals surface area contributed by atoms with Crippen molar-refractivity contribution >= 4 is 18.2 Å². The number of carbonyl (C=O) groups excluding carboxylic acids is 3. The van der Waals surface area contributed by atoms with Crippen molar-refractivity contribution in [2.75, 3.05) is 13.1 Å². The van der Waals surface area contributed by atoms with E-state index in [1.165, 1.54) is 18.7 Å². The second-order valence-corrected chi connectivity index (χ2v) is 6.14. The van der Waals surface area contributed by atoms with E-state index in [9.17, 15) is 14.4 Å². The number of amides is 2. The van der Waals surface area contributed by atoms with Gasteiger partial charge in [-0.25, -0.2) is 9.59 Å². The zero-order valence-electron chi connectivity index (χ0n) is 13.7. The third-order valence-electron chi connectivity index (χ3n) is 2.77. The lowest BCUT2D eigenvalue weighted by atomic mass is 10.2. The van der Waals surface area contributed by atoms with Crippen LogP contribution in [0.25, 0.3) is 0 Å². The first-order valence-electron chi connectivity index (χ1n) is 7.19. The van der Waals surface area contributed by atoms with Gasteiger partial charge in [-0.1, -0.05) is 0 Å². The van der Waals surface area contributed by atoms with E-state index in [0.717, 1.165) is 0 Å². The minimum Gasteiger partial charge on any atom is -0.444 e. The number of nitrogens with zero attached hydrogens (tertiary/aromatic N) is 1. The largest absolute Gasteiger partial charge is 0.444 e. The molecule has 1 saturated heterocycles. The fraction of sp³-hybridized carbons (Fsp3) is 0.786. The molecule has 0 aromatic rings. The van der Waals surface area contributed by atoms with E-state index in [2.05, 4.69) is 5.32 Å². The summed E-state index contributed by atoms with van der Waals surface area (Å²) < 4.78 is 14.9. The first kappa shape index (κ1) is 18.1. The molecule has 2 atom stereocenters. The van der Waals surface area contributed by atoms with Gasteiger partial charge in [0.15, 0.2) is 0 Å². The summed E-state index contributed by atoms with van der Waals surface area (Å²) in [6.45, 7) is 8.81. The van der Waals surface area contributed by atoms with Gasteiger partial charge < -0.3 is 24.4 Å². The van der Waals surface area contributed by atoms with E-state index < -0.39 is 30.0 Å². The molecule has 0 saturated carbocycles. The van der Waals surface area contributed by atoms with E-state index in [4.69, 9.17) is 14.2 Å². The standard InChI is InChI=1S/C14H24N2O6/c1-9(17)20-10(2)21-13(19)16-7-6-11(8-16)15-12(18)22-14(3,4)5/h10-11H,6-8H2,1-5H3,(H,15,18)/t10?,11-/m0/s1. The summed E-state index contributed by atoms with van der Waals surface area (Å²) in [5.74, 6) is -0.522. The van der Waals surface area contributed by atoms with Gasteiger partial charge in [0.2, 0.25) is 6.29 Å². The highest BCUT2D eigenvalue weighted by Crippen LogP contribution is 2.13. The molecule has 1 aliphatic heterocycles. The van der Waals surface area contributed by atoms with E-state index in [-0.39, 0.29) is 6.04 Å². The van der Waals surface area contributed by atoms with E-state index in [1.54, 1.807) is 20.8 Å². The monoisotopic (exact) mass is 316 g/mol. The third kappa shape index (κ3) is 6.64. The molecule has 1 heterocycles. The maximum Gasteiger partial charge on any atom is 0.412 e. The van der Waals surface area contributed by atoms with Crippen LogP contribution in [-0.4, -0.2) is 54.1 Å². The van der Waals surface area contributed by atoms with Gasteiger partial charge in [-0.15, -0.1) is 0 Å². The summed E-state index contributed by atoms with van der Waals surface area (Å²) in [5, 5.41) is 2.71. The molecular weight excluding hydrogens is 292 g/mol. The average molecular weight is 316 g/mol. The van der Waals surface area contributed by atoms with Crippen molar-refractivity contribution in [3.63, 3.8) is 0 Å². The molecule has 0 bridgehead atoms. The third-order valence-corrected chi connectivity index (χ3v) is 2.77. The number of nitrogens with one attached hydrogen (secondary N) is 1. The Morgan fingerprint density at radius 2 is 1.86 bits per heavy atom. The summed E-state index contributed by atoms with van der Waals surface area (Å²) in [6, 6.07) is -0.188. The molecule has 0 aliphatic carbocycles. The number of ether oxygens (including phenoxy) is 3. The fourth-order valence-electron chi connectivity index (χ4n) is 1.99. The van der Waals surface area contributed by atoms with E-state index >= 15 is 0 Å². The number of likely N-dealkylation sites (tertiary alicyclic amines) is 1. The van der Waals surface area contributed by atoms with Gasteiger partial charge in [0.25, 0.3) is 0 Å². The SMILES string of the molecule is CC(=O)OC(C)OC(=O)N1CC[C@H](NC(=O)OC(C)(C)C)C1.